The zero-order valence-electron chi connectivity index (χ0n) is 11.7. The standard InChI is InChI=1S/C15H15FN2O3/c1-9-3-6-14(19)13(18-9)8-17-10-4-5-12(16)11(7-10)15(20)21-2/h3-7,17,19H,8H2,1-2H3. The van der Waals surface area contributed by atoms with Crippen LogP contribution in [0.15, 0.2) is 30.3 Å². The van der Waals surface area contributed by atoms with Crippen LogP contribution in [0.3, 0.4) is 0 Å². The van der Waals surface area contributed by atoms with E-state index in [0.29, 0.717) is 11.4 Å². The summed E-state index contributed by atoms with van der Waals surface area (Å²) in [5.74, 6) is -1.32. The Labute approximate surface area is 121 Å². The van der Waals surface area contributed by atoms with Crippen molar-refractivity contribution in [3.8, 4) is 5.75 Å². The quantitative estimate of drug-likeness (QED) is 0.847. The highest BCUT2D eigenvalue weighted by Gasteiger charge is 2.13. The smallest absolute Gasteiger partial charge is 0.340 e. The van der Waals surface area contributed by atoms with E-state index >= 15 is 0 Å². The molecule has 0 aliphatic heterocycles. The van der Waals surface area contributed by atoms with Crippen LogP contribution in [0.25, 0.3) is 0 Å². The lowest BCUT2D eigenvalue weighted by atomic mass is 10.2. The van der Waals surface area contributed by atoms with Crippen molar-refractivity contribution < 1.29 is 19.0 Å². The van der Waals surface area contributed by atoms with Crippen LogP contribution in [-0.4, -0.2) is 23.2 Å². The molecule has 0 saturated carbocycles. The Balaban J connectivity index is 2.17. The number of aromatic nitrogens is 1. The monoisotopic (exact) mass is 290 g/mol. The Morgan fingerprint density at radius 3 is 2.86 bits per heavy atom. The summed E-state index contributed by atoms with van der Waals surface area (Å²) in [6.45, 7) is 2.07. The molecule has 0 atom stereocenters. The van der Waals surface area contributed by atoms with Gasteiger partial charge in [0, 0.05) is 11.4 Å². The minimum atomic E-state index is -0.743. The van der Waals surface area contributed by atoms with Gasteiger partial charge in [-0.2, -0.15) is 0 Å². The summed E-state index contributed by atoms with van der Waals surface area (Å²) >= 11 is 0. The first-order valence-electron chi connectivity index (χ1n) is 6.28. The first-order valence-corrected chi connectivity index (χ1v) is 6.28. The maximum Gasteiger partial charge on any atom is 0.340 e. The fourth-order valence-electron chi connectivity index (χ4n) is 1.82. The fraction of sp³-hybridized carbons (Fsp3) is 0.200. The van der Waals surface area contributed by atoms with Crippen LogP contribution in [0.5, 0.6) is 5.75 Å². The molecule has 0 saturated heterocycles. The summed E-state index contributed by atoms with van der Waals surface area (Å²) in [5, 5.41) is 12.7. The van der Waals surface area contributed by atoms with Crippen molar-refractivity contribution >= 4 is 11.7 Å². The number of halogens is 1. The van der Waals surface area contributed by atoms with Crippen LogP contribution in [-0.2, 0) is 11.3 Å². The topological polar surface area (TPSA) is 71.5 Å². The molecule has 0 bridgehead atoms. The molecule has 2 N–H and O–H groups in total. The van der Waals surface area contributed by atoms with Gasteiger partial charge in [0.25, 0.3) is 0 Å². The normalized spacial score (nSPS) is 10.2. The van der Waals surface area contributed by atoms with Crippen molar-refractivity contribution in [3.63, 3.8) is 0 Å². The fourth-order valence-corrected chi connectivity index (χ4v) is 1.82. The third-order valence-electron chi connectivity index (χ3n) is 2.92. The van der Waals surface area contributed by atoms with Crippen LogP contribution in [0.4, 0.5) is 10.1 Å². The second-order valence-electron chi connectivity index (χ2n) is 4.46. The number of nitrogens with one attached hydrogen (secondary N) is 1. The number of ether oxygens (including phenoxy) is 1. The number of aromatic hydroxyl groups is 1. The van der Waals surface area contributed by atoms with E-state index in [1.54, 1.807) is 12.1 Å². The van der Waals surface area contributed by atoms with Crippen LogP contribution in [0.2, 0.25) is 0 Å². The molecule has 0 aliphatic rings. The Bertz CT molecular complexity index is 674. The summed E-state index contributed by atoms with van der Waals surface area (Å²) in [4.78, 5) is 15.6. The molecule has 1 aromatic heterocycles. The number of methoxy groups -OCH3 is 1. The second kappa shape index (κ2) is 6.21. The van der Waals surface area contributed by atoms with Gasteiger partial charge in [-0.1, -0.05) is 0 Å². The van der Waals surface area contributed by atoms with Gasteiger partial charge in [0.15, 0.2) is 0 Å². The number of aryl methyl sites for hydroxylation is 1. The van der Waals surface area contributed by atoms with E-state index in [0.717, 1.165) is 5.69 Å². The van der Waals surface area contributed by atoms with Crippen LogP contribution in [0.1, 0.15) is 21.7 Å². The van der Waals surface area contributed by atoms with Gasteiger partial charge in [-0.25, -0.2) is 9.18 Å². The summed E-state index contributed by atoms with van der Waals surface area (Å²) in [6, 6.07) is 7.29. The SMILES string of the molecule is COC(=O)c1cc(NCc2nc(C)ccc2O)ccc1F. The zero-order chi connectivity index (χ0) is 15.4. The Hall–Kier alpha value is -2.63. The highest BCUT2D eigenvalue weighted by atomic mass is 19.1. The first kappa shape index (κ1) is 14.8. The van der Waals surface area contributed by atoms with Gasteiger partial charge in [-0.3, -0.25) is 4.98 Å². The maximum atomic E-state index is 13.5. The number of hydrogen-bond acceptors (Lipinski definition) is 5. The molecular formula is C15H15FN2O3. The molecule has 2 rings (SSSR count). The minimum Gasteiger partial charge on any atom is -0.506 e. The van der Waals surface area contributed by atoms with E-state index in [1.807, 2.05) is 6.92 Å². The lowest BCUT2D eigenvalue weighted by Gasteiger charge is -2.09. The lowest BCUT2D eigenvalue weighted by molar-refractivity contribution is 0.0595. The Kier molecular flexibility index (Phi) is 4.37. The van der Waals surface area contributed by atoms with Crippen LogP contribution in [0, 0.1) is 12.7 Å². The van der Waals surface area contributed by atoms with Gasteiger partial charge in [-0.15, -0.1) is 0 Å². The van der Waals surface area contributed by atoms with Crippen LogP contribution < -0.4 is 5.32 Å². The molecule has 0 radical (unpaired) electrons. The van der Waals surface area contributed by atoms with E-state index in [2.05, 4.69) is 15.0 Å². The van der Waals surface area contributed by atoms with E-state index < -0.39 is 11.8 Å². The minimum absolute atomic E-state index is 0.0726. The van der Waals surface area contributed by atoms with E-state index in [9.17, 15) is 14.3 Å². The van der Waals surface area contributed by atoms with Crippen molar-refractivity contribution in [1.82, 2.24) is 4.98 Å². The van der Waals surface area contributed by atoms with Gasteiger partial charge < -0.3 is 15.2 Å². The van der Waals surface area contributed by atoms with Gasteiger partial charge >= 0.3 is 5.97 Å². The van der Waals surface area contributed by atoms with Gasteiger partial charge in [-0.05, 0) is 37.3 Å². The molecule has 2 aromatic rings. The second-order valence-corrected chi connectivity index (χ2v) is 4.46. The molecule has 1 aromatic carbocycles. The van der Waals surface area contributed by atoms with Crippen molar-refractivity contribution in [3.05, 3.63) is 53.1 Å². The highest BCUT2D eigenvalue weighted by molar-refractivity contribution is 5.90. The van der Waals surface area contributed by atoms with E-state index in [4.69, 9.17) is 0 Å². The number of nitrogens with zero attached hydrogens (tertiary/aromatic N) is 1. The first-order chi connectivity index (χ1) is 10.0. The molecule has 110 valence electrons. The van der Waals surface area contributed by atoms with Crippen molar-refractivity contribution in [1.29, 1.82) is 0 Å². The van der Waals surface area contributed by atoms with Gasteiger partial charge in [0.1, 0.15) is 17.3 Å². The molecule has 0 unspecified atom stereocenters. The van der Waals surface area contributed by atoms with Crippen molar-refractivity contribution in [2.45, 2.75) is 13.5 Å². The summed E-state index contributed by atoms with van der Waals surface area (Å²) in [6.07, 6.45) is 0. The third kappa shape index (κ3) is 3.47. The van der Waals surface area contributed by atoms with E-state index in [-0.39, 0.29) is 17.9 Å². The number of benzene rings is 1. The molecule has 1 heterocycles. The maximum absolute atomic E-state index is 13.5. The summed E-state index contributed by atoms with van der Waals surface area (Å²) < 4.78 is 18.0. The summed E-state index contributed by atoms with van der Waals surface area (Å²) in [5.41, 5.74) is 1.63. The third-order valence-corrected chi connectivity index (χ3v) is 2.92. The Morgan fingerprint density at radius 1 is 1.38 bits per heavy atom. The Morgan fingerprint density at radius 2 is 2.14 bits per heavy atom. The molecule has 0 fully saturated rings. The molecule has 5 nitrogen and oxygen atoms in total. The predicted octanol–water partition coefficient (Wildman–Crippen LogP) is 2.63. The predicted molar refractivity (Wildman–Crippen MR) is 75.7 cm³/mol. The molecule has 0 spiro atoms. The average Bonchev–Trinajstić information content (AvgIpc) is 2.48. The summed E-state index contributed by atoms with van der Waals surface area (Å²) in [7, 11) is 1.19. The average molecular weight is 290 g/mol. The largest absolute Gasteiger partial charge is 0.506 e. The zero-order valence-corrected chi connectivity index (χ0v) is 11.7. The molecule has 6 heteroatoms. The molecule has 0 amide bonds. The number of carbonyl (C=O) groups excluding carboxylic acids is 1. The van der Waals surface area contributed by atoms with Gasteiger partial charge in [0.05, 0.1) is 19.2 Å². The molecule has 0 aliphatic carbocycles. The van der Waals surface area contributed by atoms with E-state index in [1.165, 1.54) is 25.3 Å². The lowest BCUT2D eigenvalue weighted by Crippen LogP contribution is -2.07. The number of anilines is 1. The number of pyridine rings is 1. The number of hydrogen-bond donors (Lipinski definition) is 2. The molecular weight excluding hydrogens is 275 g/mol. The van der Waals surface area contributed by atoms with Crippen molar-refractivity contribution in [2.75, 3.05) is 12.4 Å². The number of rotatable bonds is 4. The van der Waals surface area contributed by atoms with Crippen molar-refractivity contribution in [2.24, 2.45) is 0 Å². The highest BCUT2D eigenvalue weighted by Crippen LogP contribution is 2.19. The molecule has 21 heavy (non-hydrogen) atoms. The number of carbonyl (C=O) groups is 1. The van der Waals surface area contributed by atoms with Gasteiger partial charge in [0.2, 0.25) is 0 Å². The van der Waals surface area contributed by atoms with Crippen LogP contribution >= 0.6 is 0 Å². The number of esters is 1.